The number of carbonyl (C=O) groups excluding carboxylic acids is 2. The number of rotatable bonds is 4. The van der Waals surface area contributed by atoms with Crippen molar-refractivity contribution in [2.24, 2.45) is 0 Å². The zero-order valence-corrected chi connectivity index (χ0v) is 10.6. The lowest BCUT2D eigenvalue weighted by atomic mass is 10.1. The van der Waals surface area contributed by atoms with Gasteiger partial charge in [0.25, 0.3) is 5.91 Å². The third kappa shape index (κ3) is 3.11. The van der Waals surface area contributed by atoms with Gasteiger partial charge in [0.05, 0.1) is 13.1 Å². The van der Waals surface area contributed by atoms with Gasteiger partial charge in [-0.25, -0.2) is 8.78 Å². The summed E-state index contributed by atoms with van der Waals surface area (Å²) < 4.78 is 26.8. The van der Waals surface area contributed by atoms with E-state index in [1.54, 1.807) is 0 Å². The van der Waals surface area contributed by atoms with Crippen LogP contribution in [0.1, 0.15) is 12.0 Å². The second kappa shape index (κ2) is 5.96. The van der Waals surface area contributed by atoms with E-state index in [1.165, 1.54) is 12.1 Å². The Morgan fingerprint density at radius 1 is 1.45 bits per heavy atom. The fourth-order valence-electron chi connectivity index (χ4n) is 2.37. The number of carbonyl (C=O) groups is 2. The van der Waals surface area contributed by atoms with Crippen molar-refractivity contribution < 1.29 is 28.4 Å². The Kier molecular flexibility index (Phi) is 4.29. The maximum absolute atomic E-state index is 13.6. The fraction of sp³-hybridized carbons (Fsp3) is 0.385. The molecule has 5 nitrogen and oxygen atoms in total. The van der Waals surface area contributed by atoms with Crippen LogP contribution in [0.4, 0.5) is 8.78 Å². The van der Waals surface area contributed by atoms with Crippen LogP contribution in [0, 0.1) is 11.6 Å². The minimum atomic E-state index is -1.34. The Bertz CT molecular complexity index is 536. The summed E-state index contributed by atoms with van der Waals surface area (Å²) in [6.07, 6.45) is -0.446. The fourth-order valence-corrected chi connectivity index (χ4v) is 2.37. The highest BCUT2D eigenvalue weighted by Gasteiger charge is 2.34. The smallest absolute Gasteiger partial charge is 0.278 e. The lowest BCUT2D eigenvalue weighted by Crippen LogP contribution is -3.18. The van der Waals surface area contributed by atoms with Crippen molar-refractivity contribution in [2.75, 3.05) is 13.1 Å². The van der Waals surface area contributed by atoms with E-state index in [1.807, 2.05) is 0 Å². The first-order valence-corrected chi connectivity index (χ1v) is 6.24. The van der Waals surface area contributed by atoms with Crippen LogP contribution in [0.15, 0.2) is 18.2 Å². The predicted octanol–water partition coefficient (Wildman–Crippen LogP) is -2.01. The van der Waals surface area contributed by atoms with Gasteiger partial charge in [-0.05, 0) is 6.07 Å². The van der Waals surface area contributed by atoms with E-state index in [0.29, 0.717) is 18.0 Å². The molecule has 1 aromatic rings. The summed E-state index contributed by atoms with van der Waals surface area (Å²) in [6, 6.07) is 2.96. The van der Waals surface area contributed by atoms with E-state index in [0.717, 1.165) is 6.07 Å². The number of amides is 1. The van der Waals surface area contributed by atoms with E-state index in [9.17, 15) is 23.5 Å². The molecule has 1 aliphatic heterocycles. The molecular formula is C13H14F2N2O3. The predicted molar refractivity (Wildman–Crippen MR) is 62.3 cm³/mol. The van der Waals surface area contributed by atoms with E-state index in [2.05, 4.69) is 5.32 Å². The molecule has 1 unspecified atom stereocenters. The number of hydrogen-bond donors (Lipinski definition) is 2. The van der Waals surface area contributed by atoms with Gasteiger partial charge in [0.15, 0.2) is 17.7 Å². The molecule has 1 amide bonds. The molecule has 108 valence electrons. The maximum Gasteiger partial charge on any atom is 0.278 e. The molecule has 2 N–H and O–H groups in total. The molecule has 1 aromatic carbocycles. The molecule has 2 rings (SSSR count). The van der Waals surface area contributed by atoms with Crippen molar-refractivity contribution in [3.05, 3.63) is 35.4 Å². The van der Waals surface area contributed by atoms with Crippen molar-refractivity contribution in [3.63, 3.8) is 0 Å². The van der Waals surface area contributed by atoms with Gasteiger partial charge in [-0.3, -0.25) is 4.79 Å². The third-order valence-corrected chi connectivity index (χ3v) is 3.37. The molecule has 20 heavy (non-hydrogen) atoms. The Morgan fingerprint density at radius 3 is 2.90 bits per heavy atom. The van der Waals surface area contributed by atoms with Gasteiger partial charge < -0.3 is 20.1 Å². The highest BCUT2D eigenvalue weighted by atomic mass is 19.2. The zero-order chi connectivity index (χ0) is 14.7. The van der Waals surface area contributed by atoms with Gasteiger partial charge in [-0.15, -0.1) is 0 Å². The van der Waals surface area contributed by atoms with E-state index in [-0.39, 0.29) is 12.1 Å². The molecule has 0 radical (unpaired) electrons. The third-order valence-electron chi connectivity index (χ3n) is 3.37. The quantitative estimate of drug-likeness (QED) is 0.671. The molecule has 1 aliphatic rings. The Hall–Kier alpha value is -2.02. The van der Waals surface area contributed by atoms with Gasteiger partial charge in [0.2, 0.25) is 0 Å². The number of carboxylic acids is 1. The monoisotopic (exact) mass is 284 g/mol. The first-order valence-electron chi connectivity index (χ1n) is 6.24. The summed E-state index contributed by atoms with van der Waals surface area (Å²) in [5, 5.41) is 13.3. The molecule has 2 atom stereocenters. The summed E-state index contributed by atoms with van der Waals surface area (Å²) >= 11 is 0. The lowest BCUT2D eigenvalue weighted by molar-refractivity contribution is -0.931. The molecule has 0 saturated carbocycles. The van der Waals surface area contributed by atoms with Crippen LogP contribution in [0.5, 0.6) is 0 Å². The van der Waals surface area contributed by atoms with Crippen LogP contribution >= 0.6 is 0 Å². The second-order valence-corrected chi connectivity index (χ2v) is 4.72. The Morgan fingerprint density at radius 2 is 2.20 bits per heavy atom. The van der Waals surface area contributed by atoms with E-state index >= 15 is 0 Å². The summed E-state index contributed by atoms with van der Waals surface area (Å²) in [4.78, 5) is 23.0. The minimum absolute atomic E-state index is 0.0506. The molecule has 7 heteroatoms. The topological polar surface area (TPSA) is 73.7 Å². The summed E-state index contributed by atoms with van der Waals surface area (Å²) in [7, 11) is 0. The molecule has 1 heterocycles. The number of hydrogen-bond acceptors (Lipinski definition) is 3. The molecule has 0 spiro atoms. The van der Waals surface area contributed by atoms with Crippen molar-refractivity contribution in [1.29, 1.82) is 0 Å². The number of piperazine rings is 1. The van der Waals surface area contributed by atoms with Crippen LogP contribution in [0.25, 0.3) is 0 Å². The van der Waals surface area contributed by atoms with Crippen molar-refractivity contribution in [1.82, 2.24) is 5.32 Å². The zero-order valence-electron chi connectivity index (χ0n) is 10.6. The largest absolute Gasteiger partial charge is 0.550 e. The molecular weight excluding hydrogens is 270 g/mol. The standard InChI is InChI=1S/C13H14F2N2O3/c14-9-3-1-2-8(12(9)15)7-17-5-4-16-13(20)10(17)6-11(18)19/h1-3,10H,4-7H2,(H,16,20)(H,18,19)/t10-/m0/s1. The Balaban J connectivity index is 2.18. The number of carboxylic acid groups (broad SMARTS) is 1. The number of nitrogens with one attached hydrogen (secondary N) is 2. The van der Waals surface area contributed by atoms with Gasteiger partial charge in [0, 0.05) is 18.0 Å². The normalized spacial score (nSPS) is 22.4. The van der Waals surface area contributed by atoms with E-state index in [4.69, 9.17) is 0 Å². The van der Waals surface area contributed by atoms with Gasteiger partial charge in [0.1, 0.15) is 6.54 Å². The molecule has 1 saturated heterocycles. The molecule has 0 bridgehead atoms. The lowest BCUT2D eigenvalue weighted by Gasteiger charge is -2.32. The van der Waals surface area contributed by atoms with Crippen LogP contribution in [0.3, 0.4) is 0 Å². The molecule has 0 aromatic heterocycles. The average Bonchev–Trinajstić information content (AvgIpc) is 2.38. The average molecular weight is 284 g/mol. The summed E-state index contributed by atoms with van der Waals surface area (Å²) in [5.74, 6) is -3.67. The summed E-state index contributed by atoms with van der Waals surface area (Å²) in [5.41, 5.74) is 0.123. The van der Waals surface area contributed by atoms with Crippen molar-refractivity contribution in [2.45, 2.75) is 19.0 Å². The minimum Gasteiger partial charge on any atom is -0.550 e. The number of benzene rings is 1. The summed E-state index contributed by atoms with van der Waals surface area (Å²) in [6.45, 7) is 0.864. The molecule has 0 aliphatic carbocycles. The maximum atomic E-state index is 13.6. The van der Waals surface area contributed by atoms with Gasteiger partial charge in [-0.1, -0.05) is 12.1 Å². The highest BCUT2D eigenvalue weighted by molar-refractivity contribution is 5.84. The van der Waals surface area contributed by atoms with Gasteiger partial charge >= 0.3 is 0 Å². The van der Waals surface area contributed by atoms with Crippen LogP contribution in [-0.2, 0) is 16.1 Å². The second-order valence-electron chi connectivity index (χ2n) is 4.72. The number of halogens is 2. The molecule has 1 fully saturated rings. The Labute approximate surface area is 114 Å². The highest BCUT2D eigenvalue weighted by Crippen LogP contribution is 2.10. The van der Waals surface area contributed by atoms with Crippen molar-refractivity contribution in [3.8, 4) is 0 Å². The van der Waals surface area contributed by atoms with Crippen molar-refractivity contribution >= 4 is 11.9 Å². The van der Waals surface area contributed by atoms with Gasteiger partial charge in [-0.2, -0.15) is 0 Å². The number of aliphatic carboxylic acids is 1. The number of quaternary nitrogens is 1. The van der Waals surface area contributed by atoms with E-state index < -0.39 is 36.0 Å². The van der Waals surface area contributed by atoms with Crippen LogP contribution in [0.2, 0.25) is 0 Å². The SMILES string of the molecule is O=C([O-])C[C@H]1C(=O)NCC[NH+]1Cc1cccc(F)c1F. The van der Waals surface area contributed by atoms with Crippen LogP contribution < -0.4 is 15.3 Å². The first kappa shape index (κ1) is 14.4. The first-order chi connectivity index (χ1) is 9.49. The van der Waals surface area contributed by atoms with Crippen LogP contribution in [-0.4, -0.2) is 31.0 Å².